The van der Waals surface area contributed by atoms with Gasteiger partial charge >= 0.3 is 0 Å². The van der Waals surface area contributed by atoms with Crippen LogP contribution < -0.4 is 0 Å². The number of carbonyl (C=O) groups is 1. The number of amides is 1. The fourth-order valence-electron chi connectivity index (χ4n) is 4.81. The van der Waals surface area contributed by atoms with E-state index in [2.05, 4.69) is 15.1 Å². The second-order valence-corrected chi connectivity index (χ2v) is 8.25. The highest BCUT2D eigenvalue weighted by atomic mass is 16.5. The second kappa shape index (κ2) is 8.71. The van der Waals surface area contributed by atoms with Crippen LogP contribution in [0.4, 0.5) is 0 Å². The van der Waals surface area contributed by atoms with E-state index < -0.39 is 0 Å². The van der Waals surface area contributed by atoms with Crippen molar-refractivity contribution in [2.75, 3.05) is 52.5 Å². The molecule has 2 fully saturated rings. The summed E-state index contributed by atoms with van der Waals surface area (Å²) in [7, 11) is 0. The molecule has 150 valence electrons. The molecule has 3 aliphatic rings. The lowest BCUT2D eigenvalue weighted by Crippen LogP contribution is -2.41. The zero-order valence-electron chi connectivity index (χ0n) is 16.2. The summed E-state index contributed by atoms with van der Waals surface area (Å²) in [5, 5.41) is 17.4. The number of H-pyrrole nitrogens is 1. The lowest BCUT2D eigenvalue weighted by atomic mass is 9.94. The van der Waals surface area contributed by atoms with Crippen LogP contribution in [0.5, 0.6) is 0 Å². The number of carbonyl (C=O) groups excluding carboxylic acids is 1. The third-order valence-corrected chi connectivity index (χ3v) is 6.48. The van der Waals surface area contributed by atoms with Crippen LogP contribution in [0.15, 0.2) is 0 Å². The molecule has 2 aliphatic heterocycles. The van der Waals surface area contributed by atoms with E-state index in [9.17, 15) is 9.90 Å². The van der Waals surface area contributed by atoms with E-state index in [1.165, 1.54) is 24.1 Å². The predicted octanol–water partition coefficient (Wildman–Crippen LogP) is 0.620. The van der Waals surface area contributed by atoms with E-state index in [1.807, 2.05) is 4.90 Å². The summed E-state index contributed by atoms with van der Waals surface area (Å²) in [4.78, 5) is 17.1. The molecule has 7 nitrogen and oxygen atoms in total. The fraction of sp³-hybridized carbons (Fsp3) is 0.800. The SMILES string of the molecule is O=C(CCc1n[nH]c2c1CCCC2)N1C[C@@H](CN2CCOCC2)[C@@H](CO)C1. The number of likely N-dealkylation sites (tertiary alicyclic amines) is 1. The van der Waals surface area contributed by atoms with Crippen molar-refractivity contribution in [2.45, 2.75) is 38.5 Å². The topological polar surface area (TPSA) is 81.7 Å². The molecule has 0 spiro atoms. The van der Waals surface area contributed by atoms with Gasteiger partial charge in [-0.25, -0.2) is 0 Å². The number of nitrogens with zero attached hydrogens (tertiary/aromatic N) is 3. The van der Waals surface area contributed by atoms with Gasteiger partial charge in [0.1, 0.15) is 0 Å². The van der Waals surface area contributed by atoms with Crippen molar-refractivity contribution in [1.29, 1.82) is 0 Å². The van der Waals surface area contributed by atoms with Gasteiger partial charge in [-0.3, -0.25) is 14.8 Å². The number of rotatable bonds is 6. The number of aromatic amines is 1. The van der Waals surface area contributed by atoms with Gasteiger partial charge < -0.3 is 14.7 Å². The number of aliphatic hydroxyl groups excluding tert-OH is 1. The molecule has 1 amide bonds. The number of aliphatic hydroxyl groups is 1. The molecule has 27 heavy (non-hydrogen) atoms. The number of aryl methyl sites for hydroxylation is 2. The van der Waals surface area contributed by atoms with Crippen molar-refractivity contribution in [3.05, 3.63) is 17.0 Å². The first-order valence-electron chi connectivity index (χ1n) is 10.5. The molecule has 2 saturated heterocycles. The standard InChI is InChI=1S/C20H32N4O3/c25-14-16-13-24(12-15(16)11-23-7-9-27-10-8-23)20(26)6-5-19-17-3-1-2-4-18(17)21-22-19/h15-16,25H,1-14H2,(H,21,22)/t15-,16-/m1/s1. The number of morpholine rings is 1. The first-order chi connectivity index (χ1) is 13.2. The lowest BCUT2D eigenvalue weighted by molar-refractivity contribution is -0.130. The molecule has 0 radical (unpaired) electrons. The van der Waals surface area contributed by atoms with Gasteiger partial charge in [-0.05, 0) is 37.2 Å². The monoisotopic (exact) mass is 376 g/mol. The molecule has 4 rings (SSSR count). The average Bonchev–Trinajstić information content (AvgIpc) is 3.31. The Bertz CT molecular complexity index is 641. The summed E-state index contributed by atoms with van der Waals surface area (Å²) >= 11 is 0. The number of hydrogen-bond donors (Lipinski definition) is 2. The molecule has 2 atom stereocenters. The van der Waals surface area contributed by atoms with E-state index in [-0.39, 0.29) is 18.4 Å². The largest absolute Gasteiger partial charge is 0.396 e. The van der Waals surface area contributed by atoms with E-state index in [4.69, 9.17) is 4.74 Å². The molecule has 1 aliphatic carbocycles. The minimum Gasteiger partial charge on any atom is -0.396 e. The average molecular weight is 377 g/mol. The van der Waals surface area contributed by atoms with Crippen LogP contribution >= 0.6 is 0 Å². The minimum absolute atomic E-state index is 0.158. The number of nitrogens with one attached hydrogen (secondary N) is 1. The van der Waals surface area contributed by atoms with Crippen LogP contribution in [-0.4, -0.2) is 83.6 Å². The number of ether oxygens (including phenoxy) is 1. The van der Waals surface area contributed by atoms with Crippen LogP contribution in [0.25, 0.3) is 0 Å². The summed E-state index contributed by atoms with van der Waals surface area (Å²) in [6.45, 7) is 6.03. The van der Waals surface area contributed by atoms with Crippen molar-refractivity contribution in [2.24, 2.45) is 11.8 Å². The van der Waals surface area contributed by atoms with Crippen molar-refractivity contribution < 1.29 is 14.6 Å². The van der Waals surface area contributed by atoms with Crippen LogP contribution in [0.3, 0.4) is 0 Å². The van der Waals surface area contributed by atoms with Gasteiger partial charge in [0.25, 0.3) is 0 Å². The Kier molecular flexibility index (Phi) is 6.10. The van der Waals surface area contributed by atoms with Gasteiger partial charge in [-0.2, -0.15) is 5.10 Å². The van der Waals surface area contributed by atoms with Gasteiger partial charge in [0.2, 0.25) is 5.91 Å². The van der Waals surface area contributed by atoms with E-state index >= 15 is 0 Å². The zero-order chi connectivity index (χ0) is 18.6. The van der Waals surface area contributed by atoms with Crippen molar-refractivity contribution in [1.82, 2.24) is 20.0 Å². The van der Waals surface area contributed by atoms with Crippen LogP contribution in [0.2, 0.25) is 0 Å². The molecule has 1 aromatic rings. The normalized spacial score (nSPS) is 26.3. The molecule has 7 heteroatoms. The Balaban J connectivity index is 1.30. The maximum atomic E-state index is 12.8. The summed E-state index contributed by atoms with van der Waals surface area (Å²) < 4.78 is 5.42. The summed E-state index contributed by atoms with van der Waals surface area (Å²) in [6.07, 6.45) is 5.87. The Morgan fingerprint density at radius 1 is 1.19 bits per heavy atom. The molecule has 3 heterocycles. The number of aromatic nitrogens is 2. The maximum absolute atomic E-state index is 12.8. The van der Waals surface area contributed by atoms with Crippen molar-refractivity contribution in [3.8, 4) is 0 Å². The summed E-state index contributed by atoms with van der Waals surface area (Å²) in [6, 6.07) is 0. The molecule has 0 bridgehead atoms. The quantitative estimate of drug-likeness (QED) is 0.761. The van der Waals surface area contributed by atoms with E-state index in [1.54, 1.807) is 0 Å². The molecule has 2 N–H and O–H groups in total. The number of fused-ring (bicyclic) bond motifs is 1. The minimum atomic E-state index is 0.158. The first kappa shape index (κ1) is 18.9. The maximum Gasteiger partial charge on any atom is 0.222 e. The van der Waals surface area contributed by atoms with Crippen LogP contribution in [0.1, 0.15) is 36.2 Å². The van der Waals surface area contributed by atoms with Crippen LogP contribution in [-0.2, 0) is 28.8 Å². The Labute approximate surface area is 161 Å². The second-order valence-electron chi connectivity index (χ2n) is 8.25. The van der Waals surface area contributed by atoms with Crippen LogP contribution in [0, 0.1) is 11.8 Å². The van der Waals surface area contributed by atoms with Gasteiger partial charge in [0, 0.05) is 63.8 Å². The highest BCUT2D eigenvalue weighted by molar-refractivity contribution is 5.76. The Morgan fingerprint density at radius 2 is 1.96 bits per heavy atom. The number of hydrogen-bond acceptors (Lipinski definition) is 5. The molecule has 0 saturated carbocycles. The van der Waals surface area contributed by atoms with Crippen molar-refractivity contribution in [3.63, 3.8) is 0 Å². The molecule has 0 unspecified atom stereocenters. The summed E-state index contributed by atoms with van der Waals surface area (Å²) in [5.74, 6) is 0.746. The third-order valence-electron chi connectivity index (χ3n) is 6.48. The van der Waals surface area contributed by atoms with Gasteiger partial charge in [-0.15, -0.1) is 0 Å². The Morgan fingerprint density at radius 3 is 2.78 bits per heavy atom. The van der Waals surface area contributed by atoms with Gasteiger partial charge in [-0.1, -0.05) is 0 Å². The third kappa shape index (κ3) is 4.36. The van der Waals surface area contributed by atoms with E-state index in [0.717, 1.165) is 64.3 Å². The fourth-order valence-corrected chi connectivity index (χ4v) is 4.81. The van der Waals surface area contributed by atoms with Gasteiger partial charge in [0.15, 0.2) is 0 Å². The van der Waals surface area contributed by atoms with Crippen molar-refractivity contribution >= 4 is 5.91 Å². The zero-order valence-corrected chi connectivity index (χ0v) is 16.2. The predicted molar refractivity (Wildman–Crippen MR) is 101 cm³/mol. The highest BCUT2D eigenvalue weighted by Crippen LogP contribution is 2.26. The lowest BCUT2D eigenvalue weighted by Gasteiger charge is -2.30. The van der Waals surface area contributed by atoms with E-state index in [0.29, 0.717) is 18.9 Å². The molecular formula is C20H32N4O3. The molecule has 1 aromatic heterocycles. The molecule has 0 aromatic carbocycles. The molecular weight excluding hydrogens is 344 g/mol. The summed E-state index contributed by atoms with van der Waals surface area (Å²) in [5.41, 5.74) is 3.71. The smallest absolute Gasteiger partial charge is 0.222 e. The van der Waals surface area contributed by atoms with Gasteiger partial charge in [0.05, 0.1) is 18.9 Å². The first-order valence-corrected chi connectivity index (χ1v) is 10.5. The highest BCUT2D eigenvalue weighted by Gasteiger charge is 2.35. The Hall–Kier alpha value is -1.44.